The first-order valence-electron chi connectivity index (χ1n) is 10.1. The van der Waals surface area contributed by atoms with Gasteiger partial charge in [-0.2, -0.15) is 0 Å². The first kappa shape index (κ1) is 22.8. The van der Waals surface area contributed by atoms with E-state index in [9.17, 15) is 9.59 Å². The Kier molecular flexibility index (Phi) is 6.72. The molecule has 8 heteroatoms. The van der Waals surface area contributed by atoms with Gasteiger partial charge in [0.05, 0.1) is 23.9 Å². The average Bonchev–Trinajstić information content (AvgIpc) is 2.97. The molecule has 164 valence electrons. The Hall–Kier alpha value is -2.84. The molecule has 0 spiro atoms. The van der Waals surface area contributed by atoms with Crippen LogP contribution in [-0.4, -0.2) is 37.5 Å². The standard InChI is InChI=1S/C23H28BNO6/c1-22(2)23(3,4)31-24(30-22)18-12-10-16(11-13-18)15-29-21(27)25-14-17-8-6-7-9-19(17)20(26)28-5/h6-13H,14-15H2,1-5H3,(H,25,27). The van der Waals surface area contributed by atoms with Gasteiger partial charge in [-0.05, 0) is 50.4 Å². The molecule has 0 atom stereocenters. The van der Waals surface area contributed by atoms with Crippen molar-refractivity contribution in [3.05, 3.63) is 65.2 Å². The number of ether oxygens (including phenoxy) is 2. The first-order chi connectivity index (χ1) is 14.6. The van der Waals surface area contributed by atoms with Crippen LogP contribution in [0.5, 0.6) is 0 Å². The van der Waals surface area contributed by atoms with Crippen molar-refractivity contribution in [3.8, 4) is 0 Å². The van der Waals surface area contributed by atoms with Crippen LogP contribution in [0.1, 0.15) is 49.2 Å². The van der Waals surface area contributed by atoms with E-state index in [4.69, 9.17) is 18.8 Å². The monoisotopic (exact) mass is 425 g/mol. The van der Waals surface area contributed by atoms with E-state index >= 15 is 0 Å². The van der Waals surface area contributed by atoms with Crippen LogP contribution in [-0.2, 0) is 31.9 Å². The summed E-state index contributed by atoms with van der Waals surface area (Å²) in [6.07, 6.45) is -0.574. The van der Waals surface area contributed by atoms with Crippen LogP contribution in [0.3, 0.4) is 0 Å². The summed E-state index contributed by atoms with van der Waals surface area (Å²) in [6, 6.07) is 14.5. The molecule has 1 N–H and O–H groups in total. The maximum atomic E-state index is 12.1. The second kappa shape index (κ2) is 9.12. The number of benzene rings is 2. The molecule has 3 rings (SSSR count). The predicted molar refractivity (Wildman–Crippen MR) is 117 cm³/mol. The lowest BCUT2D eigenvalue weighted by atomic mass is 9.79. The molecule has 2 aromatic rings. The van der Waals surface area contributed by atoms with Gasteiger partial charge in [0, 0.05) is 6.54 Å². The van der Waals surface area contributed by atoms with E-state index in [0.717, 1.165) is 11.0 Å². The summed E-state index contributed by atoms with van der Waals surface area (Å²) in [6.45, 7) is 8.32. The molecule has 7 nitrogen and oxygen atoms in total. The third-order valence-corrected chi connectivity index (χ3v) is 5.72. The molecular formula is C23H28BNO6. The molecular weight excluding hydrogens is 397 g/mol. The van der Waals surface area contributed by atoms with Crippen molar-refractivity contribution in [2.24, 2.45) is 0 Å². The number of esters is 1. The van der Waals surface area contributed by atoms with E-state index in [2.05, 4.69) is 5.32 Å². The van der Waals surface area contributed by atoms with Crippen LogP contribution in [0, 0.1) is 0 Å². The number of hydrogen-bond acceptors (Lipinski definition) is 6. The Balaban J connectivity index is 1.51. The summed E-state index contributed by atoms with van der Waals surface area (Å²) in [5, 5.41) is 2.65. The van der Waals surface area contributed by atoms with Crippen LogP contribution >= 0.6 is 0 Å². The van der Waals surface area contributed by atoms with Gasteiger partial charge in [-0.15, -0.1) is 0 Å². The van der Waals surface area contributed by atoms with Crippen LogP contribution in [0.25, 0.3) is 0 Å². The van der Waals surface area contributed by atoms with E-state index < -0.39 is 30.4 Å². The molecule has 1 saturated heterocycles. The highest BCUT2D eigenvalue weighted by molar-refractivity contribution is 6.62. The molecule has 1 fully saturated rings. The first-order valence-corrected chi connectivity index (χ1v) is 10.1. The third-order valence-electron chi connectivity index (χ3n) is 5.72. The second-order valence-corrected chi connectivity index (χ2v) is 8.41. The minimum Gasteiger partial charge on any atom is -0.465 e. The van der Waals surface area contributed by atoms with Gasteiger partial charge in [-0.25, -0.2) is 9.59 Å². The Morgan fingerprint density at radius 3 is 2.19 bits per heavy atom. The molecule has 1 heterocycles. The molecule has 0 aliphatic carbocycles. The van der Waals surface area contributed by atoms with Gasteiger partial charge in [0.2, 0.25) is 0 Å². The minimum absolute atomic E-state index is 0.119. The second-order valence-electron chi connectivity index (χ2n) is 8.41. The molecule has 1 aliphatic rings. The third kappa shape index (κ3) is 5.26. The molecule has 0 bridgehead atoms. The maximum Gasteiger partial charge on any atom is 0.494 e. The van der Waals surface area contributed by atoms with Gasteiger partial charge < -0.3 is 24.1 Å². The molecule has 0 radical (unpaired) electrons. The van der Waals surface area contributed by atoms with E-state index in [0.29, 0.717) is 11.1 Å². The highest BCUT2D eigenvalue weighted by atomic mass is 16.7. The largest absolute Gasteiger partial charge is 0.494 e. The number of methoxy groups -OCH3 is 1. The Bertz CT molecular complexity index is 925. The van der Waals surface area contributed by atoms with Crippen LogP contribution < -0.4 is 10.8 Å². The number of carbonyl (C=O) groups excluding carboxylic acids is 2. The summed E-state index contributed by atoms with van der Waals surface area (Å²) in [5.41, 5.74) is 2.01. The topological polar surface area (TPSA) is 83.1 Å². The summed E-state index contributed by atoms with van der Waals surface area (Å²) in [5.74, 6) is -0.451. The van der Waals surface area contributed by atoms with E-state index in [1.807, 2.05) is 52.0 Å². The van der Waals surface area contributed by atoms with Crippen molar-refractivity contribution in [2.75, 3.05) is 7.11 Å². The fourth-order valence-electron chi connectivity index (χ4n) is 3.10. The number of nitrogens with one attached hydrogen (secondary N) is 1. The summed E-state index contributed by atoms with van der Waals surface area (Å²) >= 11 is 0. The van der Waals surface area contributed by atoms with Crippen molar-refractivity contribution in [1.29, 1.82) is 0 Å². The highest BCUT2D eigenvalue weighted by Gasteiger charge is 2.51. The zero-order chi connectivity index (χ0) is 22.6. The Morgan fingerprint density at radius 2 is 1.58 bits per heavy atom. The van der Waals surface area contributed by atoms with Crippen molar-refractivity contribution < 1.29 is 28.4 Å². The zero-order valence-electron chi connectivity index (χ0n) is 18.6. The highest BCUT2D eigenvalue weighted by Crippen LogP contribution is 2.36. The SMILES string of the molecule is COC(=O)c1ccccc1CNC(=O)OCc1ccc(B2OC(C)(C)C(C)(C)O2)cc1. The Morgan fingerprint density at radius 1 is 0.968 bits per heavy atom. The number of amides is 1. The number of rotatable bonds is 6. The van der Waals surface area contributed by atoms with Gasteiger partial charge in [-0.3, -0.25) is 0 Å². The molecule has 0 saturated carbocycles. The minimum atomic E-state index is -0.574. The van der Waals surface area contributed by atoms with Gasteiger partial charge in [0.1, 0.15) is 6.61 Å². The normalized spacial score (nSPS) is 16.6. The van der Waals surface area contributed by atoms with Crippen molar-refractivity contribution >= 4 is 24.6 Å². The maximum absolute atomic E-state index is 12.1. The predicted octanol–water partition coefficient (Wildman–Crippen LogP) is 3.20. The zero-order valence-corrected chi connectivity index (χ0v) is 18.6. The van der Waals surface area contributed by atoms with Crippen LogP contribution in [0.2, 0.25) is 0 Å². The quantitative estimate of drug-likeness (QED) is 0.566. The van der Waals surface area contributed by atoms with Crippen molar-refractivity contribution in [2.45, 2.75) is 52.0 Å². The number of carbonyl (C=O) groups is 2. The van der Waals surface area contributed by atoms with Crippen molar-refractivity contribution in [3.63, 3.8) is 0 Å². The lowest BCUT2D eigenvalue weighted by molar-refractivity contribution is 0.00578. The summed E-state index contributed by atoms with van der Waals surface area (Å²) in [7, 11) is 0.886. The fourth-order valence-corrected chi connectivity index (χ4v) is 3.10. The number of hydrogen-bond donors (Lipinski definition) is 1. The average molecular weight is 425 g/mol. The van der Waals surface area contributed by atoms with E-state index in [1.165, 1.54) is 7.11 Å². The van der Waals surface area contributed by atoms with Crippen molar-refractivity contribution in [1.82, 2.24) is 5.32 Å². The molecule has 2 aromatic carbocycles. The molecule has 0 aromatic heterocycles. The molecule has 1 aliphatic heterocycles. The molecule has 0 unspecified atom stereocenters. The lowest BCUT2D eigenvalue weighted by Crippen LogP contribution is -2.41. The summed E-state index contributed by atoms with van der Waals surface area (Å²) < 4.78 is 22.1. The van der Waals surface area contributed by atoms with E-state index in [1.54, 1.807) is 24.3 Å². The summed E-state index contributed by atoms with van der Waals surface area (Å²) in [4.78, 5) is 23.9. The molecule has 1 amide bonds. The lowest BCUT2D eigenvalue weighted by Gasteiger charge is -2.32. The van der Waals surface area contributed by atoms with Gasteiger partial charge >= 0.3 is 19.2 Å². The van der Waals surface area contributed by atoms with Crippen LogP contribution in [0.4, 0.5) is 4.79 Å². The van der Waals surface area contributed by atoms with Gasteiger partial charge in [0.15, 0.2) is 0 Å². The Labute approximate surface area is 183 Å². The van der Waals surface area contributed by atoms with Gasteiger partial charge in [0.25, 0.3) is 0 Å². The van der Waals surface area contributed by atoms with Crippen LogP contribution in [0.15, 0.2) is 48.5 Å². The smallest absolute Gasteiger partial charge is 0.465 e. The fraction of sp³-hybridized carbons (Fsp3) is 0.391. The van der Waals surface area contributed by atoms with E-state index in [-0.39, 0.29) is 13.2 Å². The number of alkyl carbamates (subject to hydrolysis) is 1. The van der Waals surface area contributed by atoms with Gasteiger partial charge in [-0.1, -0.05) is 42.5 Å². The molecule has 31 heavy (non-hydrogen) atoms.